The second-order valence-corrected chi connectivity index (χ2v) is 6.46. The molecule has 0 radical (unpaired) electrons. The van der Waals surface area contributed by atoms with Gasteiger partial charge in [-0.05, 0) is 18.1 Å². The van der Waals surface area contributed by atoms with E-state index in [1.807, 2.05) is 0 Å². The fourth-order valence-corrected chi connectivity index (χ4v) is 2.20. The number of aromatic nitrogens is 2. The van der Waals surface area contributed by atoms with Gasteiger partial charge in [-0.1, -0.05) is 6.92 Å². The highest BCUT2D eigenvalue weighted by Gasteiger charge is 2.20. The molecule has 0 fully saturated rings. The van der Waals surface area contributed by atoms with Crippen LogP contribution in [-0.4, -0.2) is 0 Å². The van der Waals surface area contributed by atoms with Gasteiger partial charge in [0.2, 0.25) is 0 Å². The van der Waals surface area contributed by atoms with Gasteiger partial charge in [-0.2, -0.15) is 0 Å². The van der Waals surface area contributed by atoms with Crippen LogP contribution in [0.15, 0.2) is 49.1 Å². The lowest BCUT2D eigenvalue weighted by Crippen LogP contribution is -2.49. The van der Waals surface area contributed by atoms with Gasteiger partial charge in [0, 0.05) is 51.5 Å². The molecule has 0 saturated heterocycles. The molecule has 2 rings (SSSR count). The molecule has 0 aliphatic heterocycles. The molecular weight excluding hydrogens is 244 g/mol. The molecule has 2 heteroatoms. The number of hydrogen-bond donors (Lipinski definition) is 0. The molecule has 2 aromatic rings. The smallest absolute Gasteiger partial charge is 0.169 e. The summed E-state index contributed by atoms with van der Waals surface area (Å²) in [5.74, 6) is 0. The Balaban J connectivity index is 2.24. The Kier molecular flexibility index (Phi) is 4.22. The zero-order chi connectivity index (χ0) is 14.8. The number of nitrogens with zero attached hydrogens (tertiary/aromatic N) is 2. The Labute approximate surface area is 122 Å². The minimum atomic E-state index is 0.134. The molecule has 0 amide bonds. The standard InChI is InChI=1S/C18H26N2/c1-6-15(2)19-11-7-16(8-12-19)17-9-13-20(14-10-17)18(3,4)5/h7-15H,6H2,1-5H3/q+2. The average Bonchev–Trinajstić information content (AvgIpc) is 2.46. The quantitative estimate of drug-likeness (QED) is 0.752. The third-order valence-corrected chi connectivity index (χ3v) is 3.89. The zero-order valence-corrected chi connectivity index (χ0v) is 13.3. The molecule has 0 saturated carbocycles. The molecule has 0 bridgehead atoms. The first kappa shape index (κ1) is 14.7. The van der Waals surface area contributed by atoms with Gasteiger partial charge in [0.05, 0.1) is 0 Å². The molecule has 1 atom stereocenters. The van der Waals surface area contributed by atoms with Crippen LogP contribution in [0.25, 0.3) is 11.1 Å². The van der Waals surface area contributed by atoms with Crippen LogP contribution in [-0.2, 0) is 5.54 Å². The van der Waals surface area contributed by atoms with Crippen molar-refractivity contribution in [3.63, 3.8) is 0 Å². The van der Waals surface area contributed by atoms with E-state index >= 15 is 0 Å². The van der Waals surface area contributed by atoms with E-state index in [4.69, 9.17) is 0 Å². The molecule has 0 aromatic carbocycles. The van der Waals surface area contributed by atoms with E-state index in [0.717, 1.165) is 6.42 Å². The molecule has 106 valence electrons. The highest BCUT2D eigenvalue weighted by Crippen LogP contribution is 2.17. The van der Waals surface area contributed by atoms with Crippen molar-refractivity contribution in [3.05, 3.63) is 49.1 Å². The lowest BCUT2D eigenvalue weighted by atomic mass is 10.1. The molecule has 20 heavy (non-hydrogen) atoms. The molecule has 1 unspecified atom stereocenters. The van der Waals surface area contributed by atoms with Crippen molar-refractivity contribution in [1.82, 2.24) is 0 Å². The molecule has 2 nitrogen and oxygen atoms in total. The second kappa shape index (κ2) is 5.74. The lowest BCUT2D eigenvalue weighted by molar-refractivity contribution is -0.754. The van der Waals surface area contributed by atoms with Gasteiger partial charge in [-0.3, -0.25) is 0 Å². The summed E-state index contributed by atoms with van der Waals surface area (Å²) in [4.78, 5) is 0. The molecule has 2 aromatic heterocycles. The third kappa shape index (κ3) is 3.24. The number of hydrogen-bond acceptors (Lipinski definition) is 0. The largest absolute Gasteiger partial charge is 0.203 e. The molecule has 0 spiro atoms. The minimum absolute atomic E-state index is 0.134. The van der Waals surface area contributed by atoms with E-state index < -0.39 is 0 Å². The summed E-state index contributed by atoms with van der Waals surface area (Å²) < 4.78 is 4.50. The van der Waals surface area contributed by atoms with Crippen LogP contribution in [0.4, 0.5) is 0 Å². The predicted molar refractivity (Wildman–Crippen MR) is 82.3 cm³/mol. The van der Waals surface area contributed by atoms with Crippen molar-refractivity contribution in [3.8, 4) is 11.1 Å². The molecule has 0 aliphatic rings. The third-order valence-electron chi connectivity index (χ3n) is 3.89. The number of pyridine rings is 2. The van der Waals surface area contributed by atoms with Crippen LogP contribution in [0.2, 0.25) is 0 Å². The van der Waals surface area contributed by atoms with E-state index in [1.54, 1.807) is 0 Å². The summed E-state index contributed by atoms with van der Waals surface area (Å²) in [6, 6.07) is 9.33. The predicted octanol–water partition coefficient (Wildman–Crippen LogP) is 3.65. The van der Waals surface area contributed by atoms with Crippen LogP contribution < -0.4 is 9.13 Å². The summed E-state index contributed by atoms with van der Waals surface area (Å²) in [6.07, 6.45) is 9.82. The Hall–Kier alpha value is -1.70. The Morgan fingerprint density at radius 3 is 1.75 bits per heavy atom. The Morgan fingerprint density at radius 2 is 1.35 bits per heavy atom. The van der Waals surface area contributed by atoms with Crippen molar-refractivity contribution in [2.24, 2.45) is 0 Å². The monoisotopic (exact) mass is 270 g/mol. The maximum atomic E-state index is 2.27. The van der Waals surface area contributed by atoms with Gasteiger partial charge in [-0.15, -0.1) is 0 Å². The van der Waals surface area contributed by atoms with Crippen LogP contribution in [0, 0.1) is 0 Å². The van der Waals surface area contributed by atoms with Crippen molar-refractivity contribution < 1.29 is 9.13 Å². The maximum absolute atomic E-state index is 2.27. The summed E-state index contributed by atoms with van der Waals surface area (Å²) in [5, 5.41) is 0. The normalized spacial score (nSPS) is 13.2. The topological polar surface area (TPSA) is 7.76 Å². The van der Waals surface area contributed by atoms with Crippen LogP contribution in [0.1, 0.15) is 47.1 Å². The first-order valence-corrected chi connectivity index (χ1v) is 7.45. The first-order valence-electron chi connectivity index (χ1n) is 7.45. The SMILES string of the molecule is CCC(C)[n+]1ccc(-c2cc[n+](C(C)(C)C)cc2)cc1. The molecule has 0 aliphatic carbocycles. The van der Waals surface area contributed by atoms with E-state index in [0.29, 0.717) is 6.04 Å². The van der Waals surface area contributed by atoms with E-state index in [1.165, 1.54) is 11.1 Å². The lowest BCUT2D eigenvalue weighted by Gasteiger charge is -2.13. The van der Waals surface area contributed by atoms with Gasteiger partial charge in [0.1, 0.15) is 0 Å². The van der Waals surface area contributed by atoms with Gasteiger partial charge in [0.25, 0.3) is 0 Å². The van der Waals surface area contributed by atoms with Crippen molar-refractivity contribution in [2.45, 2.75) is 52.6 Å². The van der Waals surface area contributed by atoms with Crippen molar-refractivity contribution in [2.75, 3.05) is 0 Å². The fraction of sp³-hybridized carbons (Fsp3) is 0.444. The van der Waals surface area contributed by atoms with Gasteiger partial charge >= 0.3 is 0 Å². The minimum Gasteiger partial charge on any atom is -0.203 e. The van der Waals surface area contributed by atoms with Gasteiger partial charge in [0.15, 0.2) is 36.4 Å². The Morgan fingerprint density at radius 1 is 0.900 bits per heavy atom. The number of rotatable bonds is 3. The molecule has 0 N–H and O–H groups in total. The average molecular weight is 270 g/mol. The van der Waals surface area contributed by atoms with Gasteiger partial charge < -0.3 is 0 Å². The second-order valence-electron chi connectivity index (χ2n) is 6.46. The van der Waals surface area contributed by atoms with Crippen LogP contribution in [0.3, 0.4) is 0 Å². The zero-order valence-electron chi connectivity index (χ0n) is 13.3. The van der Waals surface area contributed by atoms with E-state index in [9.17, 15) is 0 Å². The van der Waals surface area contributed by atoms with E-state index in [2.05, 4.69) is 92.8 Å². The summed E-state index contributed by atoms with van der Waals surface area (Å²) in [6.45, 7) is 11.1. The van der Waals surface area contributed by atoms with Crippen molar-refractivity contribution in [1.29, 1.82) is 0 Å². The summed E-state index contributed by atoms with van der Waals surface area (Å²) in [7, 11) is 0. The van der Waals surface area contributed by atoms with Crippen LogP contribution >= 0.6 is 0 Å². The highest BCUT2D eigenvalue weighted by molar-refractivity contribution is 5.60. The van der Waals surface area contributed by atoms with Crippen molar-refractivity contribution >= 4 is 0 Å². The first-order chi connectivity index (χ1) is 9.41. The fourth-order valence-electron chi connectivity index (χ4n) is 2.20. The summed E-state index contributed by atoms with van der Waals surface area (Å²) >= 11 is 0. The van der Waals surface area contributed by atoms with Crippen LogP contribution in [0.5, 0.6) is 0 Å². The molecule has 2 heterocycles. The maximum Gasteiger partial charge on any atom is 0.169 e. The summed E-state index contributed by atoms with van der Waals surface area (Å²) in [5.41, 5.74) is 2.67. The Bertz CT molecular complexity index is 547. The highest BCUT2D eigenvalue weighted by atomic mass is 15.0. The molecular formula is C18H26N2+2. The van der Waals surface area contributed by atoms with E-state index in [-0.39, 0.29) is 5.54 Å². The van der Waals surface area contributed by atoms with Gasteiger partial charge in [-0.25, -0.2) is 9.13 Å².